The van der Waals surface area contributed by atoms with E-state index in [4.69, 9.17) is 0 Å². The Labute approximate surface area is 184 Å². The number of aromatic nitrogens is 4. The van der Waals surface area contributed by atoms with Gasteiger partial charge in [-0.15, -0.1) is 0 Å². The van der Waals surface area contributed by atoms with Crippen molar-refractivity contribution in [2.75, 3.05) is 0 Å². The Kier molecular flexibility index (Phi) is 6.84. The van der Waals surface area contributed by atoms with E-state index in [1.807, 2.05) is 29.0 Å². The number of halogens is 1. The Hall–Kier alpha value is -3.32. The molecule has 0 bridgehead atoms. The molecule has 4 aromatic rings. The summed E-state index contributed by atoms with van der Waals surface area (Å²) in [5.74, 6) is 0.143. The van der Waals surface area contributed by atoms with Gasteiger partial charge in [-0.1, -0.05) is 60.3 Å². The van der Waals surface area contributed by atoms with Crippen LogP contribution in [0.3, 0.4) is 0 Å². The molecule has 0 spiro atoms. The molecule has 0 unspecified atom stereocenters. The molecule has 5 nitrogen and oxygen atoms in total. The van der Waals surface area contributed by atoms with Gasteiger partial charge in [-0.25, -0.2) is 14.4 Å². The molecule has 31 heavy (non-hydrogen) atoms. The molecule has 0 atom stereocenters. The van der Waals surface area contributed by atoms with Gasteiger partial charge < -0.3 is 4.57 Å². The van der Waals surface area contributed by atoms with E-state index in [0.29, 0.717) is 35.0 Å². The van der Waals surface area contributed by atoms with Crippen LogP contribution in [0, 0.1) is 5.82 Å². The zero-order valence-corrected chi connectivity index (χ0v) is 17.6. The van der Waals surface area contributed by atoms with Crippen LogP contribution in [0.15, 0.2) is 89.5 Å². The van der Waals surface area contributed by atoms with E-state index in [-0.39, 0.29) is 11.4 Å². The van der Waals surface area contributed by atoms with E-state index >= 15 is 0 Å². The van der Waals surface area contributed by atoms with Gasteiger partial charge >= 0.3 is 0 Å². The second kappa shape index (κ2) is 10.1. The molecule has 0 amide bonds. The summed E-state index contributed by atoms with van der Waals surface area (Å²) < 4.78 is 16.0. The molecule has 2 aromatic carbocycles. The lowest BCUT2D eigenvalue weighted by Crippen LogP contribution is -2.20. The molecular weight excluding hydrogens is 411 g/mol. The van der Waals surface area contributed by atoms with Crippen LogP contribution in [-0.4, -0.2) is 19.5 Å². The van der Waals surface area contributed by atoms with E-state index in [1.54, 1.807) is 30.6 Å². The number of thioether (sulfide) groups is 1. The lowest BCUT2D eigenvalue weighted by atomic mass is 10.1. The zero-order chi connectivity index (χ0) is 21.5. The Balaban J connectivity index is 1.60. The summed E-state index contributed by atoms with van der Waals surface area (Å²) in [6.07, 6.45) is 7.92. The van der Waals surface area contributed by atoms with Crippen LogP contribution in [-0.2, 0) is 25.1 Å². The summed E-state index contributed by atoms with van der Waals surface area (Å²) in [6.45, 7) is 0.662. The second-order valence-corrected chi connectivity index (χ2v) is 8.03. The van der Waals surface area contributed by atoms with Crippen LogP contribution >= 0.6 is 11.8 Å². The first kappa shape index (κ1) is 20.9. The quantitative estimate of drug-likeness (QED) is 0.307. The van der Waals surface area contributed by atoms with Gasteiger partial charge in [-0.3, -0.25) is 4.79 Å². The minimum atomic E-state index is -0.282. The minimum Gasteiger partial charge on any atom is -0.327 e. The van der Waals surface area contributed by atoms with Crippen molar-refractivity contribution in [3.05, 3.63) is 118 Å². The van der Waals surface area contributed by atoms with Crippen molar-refractivity contribution in [1.82, 2.24) is 19.5 Å². The molecule has 2 heterocycles. The summed E-state index contributed by atoms with van der Waals surface area (Å²) in [7, 11) is 0. The van der Waals surface area contributed by atoms with Crippen LogP contribution in [0.4, 0.5) is 4.39 Å². The molecule has 0 saturated carbocycles. The van der Waals surface area contributed by atoms with Crippen LogP contribution < -0.4 is 5.56 Å². The predicted octanol–water partition coefficient (Wildman–Crippen LogP) is 4.30. The fourth-order valence-electron chi connectivity index (χ4n) is 3.21. The largest absolute Gasteiger partial charge is 0.327 e. The number of hydrogen-bond acceptors (Lipinski definition) is 5. The average molecular weight is 433 g/mol. The smallest absolute Gasteiger partial charge is 0.277 e. The first-order valence-corrected chi connectivity index (χ1v) is 10.9. The highest BCUT2D eigenvalue weighted by Crippen LogP contribution is 2.23. The summed E-state index contributed by atoms with van der Waals surface area (Å²) in [6, 6.07) is 16.8. The summed E-state index contributed by atoms with van der Waals surface area (Å²) in [5, 5.41) is 0.581. The standard InChI is InChI=1S/C24H21FN4OS/c25-22-9-5-4-8-20(22)16-31-24-28-23(30)21(12-19-13-26-17-27-14-19)15-29(24)11-10-18-6-2-1-3-7-18/h1-9,13-15,17H,10-12,16H2. The molecule has 4 rings (SSSR count). The summed E-state index contributed by atoms with van der Waals surface area (Å²) in [4.78, 5) is 25.1. The van der Waals surface area contributed by atoms with Crippen LogP contribution in [0.2, 0.25) is 0 Å². The number of benzene rings is 2. The highest BCUT2D eigenvalue weighted by molar-refractivity contribution is 7.98. The molecule has 0 fully saturated rings. The van der Waals surface area contributed by atoms with Gasteiger partial charge in [0.2, 0.25) is 0 Å². The van der Waals surface area contributed by atoms with Gasteiger partial charge in [-0.05, 0) is 29.2 Å². The van der Waals surface area contributed by atoms with Crippen LogP contribution in [0.1, 0.15) is 22.3 Å². The Bertz CT molecular complexity index is 1200. The molecule has 0 N–H and O–H groups in total. The maximum Gasteiger partial charge on any atom is 0.277 e. The molecular formula is C24H21FN4OS. The lowest BCUT2D eigenvalue weighted by molar-refractivity contribution is 0.594. The van der Waals surface area contributed by atoms with Gasteiger partial charge in [-0.2, -0.15) is 4.98 Å². The highest BCUT2D eigenvalue weighted by atomic mass is 32.2. The monoisotopic (exact) mass is 432 g/mol. The van der Waals surface area contributed by atoms with E-state index in [2.05, 4.69) is 27.1 Å². The van der Waals surface area contributed by atoms with Crippen LogP contribution in [0.25, 0.3) is 0 Å². The van der Waals surface area contributed by atoms with E-state index in [1.165, 1.54) is 29.7 Å². The molecule has 156 valence electrons. The fraction of sp³-hybridized carbons (Fsp3) is 0.167. The molecule has 0 aliphatic heterocycles. The maximum absolute atomic E-state index is 14.0. The Morgan fingerprint density at radius 1 is 0.903 bits per heavy atom. The first-order chi connectivity index (χ1) is 15.2. The van der Waals surface area contributed by atoms with Gasteiger partial charge in [0.1, 0.15) is 12.1 Å². The van der Waals surface area contributed by atoms with E-state index in [9.17, 15) is 9.18 Å². The molecule has 0 aliphatic rings. The van der Waals surface area contributed by atoms with Crippen LogP contribution in [0.5, 0.6) is 0 Å². The number of rotatable bonds is 8. The van der Waals surface area contributed by atoms with Gasteiger partial charge in [0.25, 0.3) is 5.56 Å². The van der Waals surface area contributed by atoms with Gasteiger partial charge in [0, 0.05) is 42.9 Å². The molecule has 0 radical (unpaired) electrons. The van der Waals surface area contributed by atoms with Crippen molar-refractivity contribution >= 4 is 11.8 Å². The topological polar surface area (TPSA) is 60.7 Å². The summed E-state index contributed by atoms with van der Waals surface area (Å²) >= 11 is 1.37. The van der Waals surface area contributed by atoms with Gasteiger partial charge in [0.15, 0.2) is 5.16 Å². The summed E-state index contributed by atoms with van der Waals surface area (Å²) in [5.41, 5.74) is 2.93. The number of aryl methyl sites for hydroxylation is 2. The maximum atomic E-state index is 14.0. The Morgan fingerprint density at radius 2 is 1.65 bits per heavy atom. The normalized spacial score (nSPS) is 10.9. The van der Waals surface area contributed by atoms with Crippen molar-refractivity contribution in [3.8, 4) is 0 Å². The molecule has 2 aromatic heterocycles. The predicted molar refractivity (Wildman–Crippen MR) is 119 cm³/mol. The number of nitrogens with zero attached hydrogens (tertiary/aromatic N) is 4. The third kappa shape index (κ3) is 5.64. The first-order valence-electron chi connectivity index (χ1n) is 9.93. The van der Waals surface area contributed by atoms with Crippen molar-refractivity contribution in [3.63, 3.8) is 0 Å². The minimum absolute atomic E-state index is 0.256. The molecule has 0 aliphatic carbocycles. The molecule has 0 saturated heterocycles. The molecule has 7 heteroatoms. The lowest BCUT2D eigenvalue weighted by Gasteiger charge is -2.14. The Morgan fingerprint density at radius 3 is 2.42 bits per heavy atom. The van der Waals surface area contributed by atoms with Crippen molar-refractivity contribution in [2.24, 2.45) is 0 Å². The SMILES string of the molecule is O=c1nc(SCc2ccccc2F)n(CCc2ccccc2)cc1Cc1cncnc1. The fourth-order valence-corrected chi connectivity index (χ4v) is 4.19. The zero-order valence-electron chi connectivity index (χ0n) is 16.8. The van der Waals surface area contributed by atoms with Crippen molar-refractivity contribution in [1.29, 1.82) is 0 Å². The third-order valence-electron chi connectivity index (χ3n) is 4.84. The van der Waals surface area contributed by atoms with Crippen molar-refractivity contribution in [2.45, 2.75) is 30.3 Å². The second-order valence-electron chi connectivity index (χ2n) is 7.09. The highest BCUT2D eigenvalue weighted by Gasteiger charge is 2.12. The number of hydrogen-bond donors (Lipinski definition) is 0. The average Bonchev–Trinajstić information content (AvgIpc) is 2.80. The van der Waals surface area contributed by atoms with E-state index < -0.39 is 0 Å². The van der Waals surface area contributed by atoms with Gasteiger partial charge in [0.05, 0.1) is 0 Å². The van der Waals surface area contributed by atoms with Crippen molar-refractivity contribution < 1.29 is 4.39 Å². The van der Waals surface area contributed by atoms with E-state index in [0.717, 1.165) is 12.0 Å². The third-order valence-corrected chi connectivity index (χ3v) is 5.88.